The van der Waals surface area contributed by atoms with Gasteiger partial charge >= 0.3 is 5.97 Å². The molecule has 432 valence electrons. The highest BCUT2D eigenvalue weighted by Gasteiger charge is 2.07. The molecule has 0 atom stereocenters. The maximum absolute atomic E-state index is 11.8. The summed E-state index contributed by atoms with van der Waals surface area (Å²) < 4.78 is 9.32. The predicted molar refractivity (Wildman–Crippen MR) is 349 cm³/mol. The van der Waals surface area contributed by atoms with Crippen LogP contribution in [0.1, 0.15) is 72.9 Å². The van der Waals surface area contributed by atoms with Crippen molar-refractivity contribution in [3.8, 4) is 6.07 Å². The van der Waals surface area contributed by atoms with E-state index < -0.39 is 5.97 Å². The van der Waals surface area contributed by atoms with Crippen LogP contribution in [-0.4, -0.2) is 54.4 Å². The Kier molecular flexibility index (Phi) is 42.7. The molecule has 1 heterocycles. The number of amidine groups is 2. The third-order valence-electron chi connectivity index (χ3n) is 9.72. The summed E-state index contributed by atoms with van der Waals surface area (Å²) in [6.45, 7) is 0. The number of nitrogens with two attached hydrogens (primary N) is 2. The molecule has 20 heteroatoms. The van der Waals surface area contributed by atoms with Crippen molar-refractivity contribution in [2.45, 2.75) is 48.0 Å². The minimum absolute atomic E-state index is 0. The summed E-state index contributed by atoms with van der Waals surface area (Å²) in [5.41, 5.74) is 12.4. The van der Waals surface area contributed by atoms with Gasteiger partial charge in [-0.2, -0.15) is 10.2 Å². The first-order chi connectivity index (χ1) is 37.8. The molecule has 0 unspecified atom stereocenters. The van der Waals surface area contributed by atoms with Gasteiger partial charge in [0.05, 0.1) is 12.5 Å². The van der Waals surface area contributed by atoms with E-state index in [2.05, 4.69) is 101 Å². The predicted octanol–water partition coefficient (Wildman–Crippen LogP) is 15.9. The highest BCUT2D eigenvalue weighted by Crippen LogP contribution is 2.16. The van der Waals surface area contributed by atoms with Crippen molar-refractivity contribution in [3.05, 3.63) is 269 Å². The van der Waals surface area contributed by atoms with Gasteiger partial charge in [-0.25, -0.2) is 10.7 Å². The number of carbonyl (C=O) groups is 2. The summed E-state index contributed by atoms with van der Waals surface area (Å²) in [6.07, 6.45) is 11.5. The van der Waals surface area contributed by atoms with Crippen LogP contribution in [0, 0.1) is 11.3 Å². The maximum atomic E-state index is 11.8. The summed E-state index contributed by atoms with van der Waals surface area (Å²) >= 11 is 13.4. The van der Waals surface area contributed by atoms with Crippen LogP contribution in [0.2, 0.25) is 0 Å². The minimum atomic E-state index is -0.922. The van der Waals surface area contributed by atoms with E-state index in [1.165, 1.54) is 6.08 Å². The molecule has 0 bridgehead atoms. The monoisotopic (exact) mass is 1390 g/mol. The van der Waals surface area contributed by atoms with Crippen LogP contribution in [0.3, 0.4) is 0 Å². The van der Waals surface area contributed by atoms with E-state index in [1.807, 2.05) is 200 Å². The van der Waals surface area contributed by atoms with Gasteiger partial charge in [0.25, 0.3) is 5.89 Å². The number of carbonyl (C=O) groups excluding carboxylic acids is 1. The Labute approximate surface area is 520 Å². The standard InChI is InChI=1S/C17H15BrN2O2.C17H13BrN2O.C9H8O2.C8H9BrN2O.C8H6BrN.3CH4.ClH.H3NO/c18-15-9-6-14(7-10-15)12-16(20-22)19-17(21)11-8-13-4-2-1-3-5-13;18-15-9-6-14(7-10-15)12-16-19-17(21-20-16)11-8-13-4-2-1-3-5-13;10-9(11)7-6-8-4-2-1-3-5-8;9-7-3-1-6(2-4-7)5-8(10)11-12;9-8-3-1-7(2-4-8)5-6-10;;;;;1-2/h1-11,22H,12H2,(H,19,20,21);1-11H,12H2;1-7H,(H,10,11);1-4,12H,5H2,(H2,10,11);1-4H,5H2;3*1H4;1H;2H,1H2/b2*11-8+;7-6+;;;;;;;. The maximum Gasteiger partial charge on any atom is 0.328 e. The normalized spacial score (nSPS) is 10.2. The molecule has 0 aliphatic heterocycles. The molecule has 8 aromatic rings. The Bertz CT molecular complexity index is 3180. The van der Waals surface area contributed by atoms with E-state index in [4.69, 9.17) is 36.2 Å². The number of amides is 1. The molecular formula is C62H67Br4ClN8O7. The molecule has 0 saturated heterocycles. The number of oxime groups is 2. The molecule has 0 aliphatic rings. The Balaban J connectivity index is 0. The summed E-state index contributed by atoms with van der Waals surface area (Å²) in [4.78, 5) is 26.3. The number of aromatic nitrogens is 2. The molecule has 0 radical (unpaired) electrons. The molecule has 9 N–H and O–H groups in total. The first-order valence-corrected chi connectivity index (χ1v) is 26.3. The van der Waals surface area contributed by atoms with E-state index in [1.54, 1.807) is 12.2 Å². The largest absolute Gasteiger partial charge is 0.478 e. The van der Waals surface area contributed by atoms with Crippen molar-refractivity contribution in [3.63, 3.8) is 0 Å². The molecule has 15 nitrogen and oxygen atoms in total. The van der Waals surface area contributed by atoms with Crippen LogP contribution in [0.4, 0.5) is 0 Å². The van der Waals surface area contributed by atoms with Gasteiger partial charge in [-0.15, -0.1) is 12.4 Å². The fraction of sp³-hybridized carbons (Fsp3) is 0.113. The lowest BCUT2D eigenvalue weighted by atomic mass is 10.1. The average molecular weight is 1390 g/mol. The van der Waals surface area contributed by atoms with Crippen LogP contribution in [0.5, 0.6) is 0 Å². The quantitative estimate of drug-likeness (QED) is 0.0187. The van der Waals surface area contributed by atoms with Gasteiger partial charge in [0, 0.05) is 55.4 Å². The van der Waals surface area contributed by atoms with Crippen molar-refractivity contribution in [1.29, 1.82) is 5.26 Å². The highest BCUT2D eigenvalue weighted by atomic mass is 79.9. The zero-order valence-corrected chi connectivity index (χ0v) is 49.2. The highest BCUT2D eigenvalue weighted by molar-refractivity contribution is 9.11. The molecule has 1 amide bonds. The van der Waals surface area contributed by atoms with Crippen LogP contribution in [0.25, 0.3) is 24.3 Å². The first kappa shape index (κ1) is 76.3. The van der Waals surface area contributed by atoms with Gasteiger partial charge in [0.2, 0.25) is 5.91 Å². The molecular weight excluding hydrogens is 1320 g/mol. The van der Waals surface area contributed by atoms with Crippen molar-refractivity contribution in [2.24, 2.45) is 21.9 Å². The molecule has 0 aliphatic carbocycles. The minimum Gasteiger partial charge on any atom is -0.478 e. The van der Waals surface area contributed by atoms with Crippen molar-refractivity contribution in [1.82, 2.24) is 15.5 Å². The number of carboxylic acids is 1. The summed E-state index contributed by atoms with van der Waals surface area (Å²) in [6, 6.07) is 62.0. The number of hydrogen-bond donors (Lipinski definition) is 7. The molecule has 82 heavy (non-hydrogen) atoms. The summed E-state index contributed by atoms with van der Waals surface area (Å²) in [7, 11) is 0. The van der Waals surface area contributed by atoms with Gasteiger partial charge in [0.1, 0.15) is 5.84 Å². The van der Waals surface area contributed by atoms with Crippen LogP contribution >= 0.6 is 76.1 Å². The van der Waals surface area contributed by atoms with Gasteiger partial charge in [-0.05, 0) is 106 Å². The Morgan fingerprint density at radius 2 is 0.951 bits per heavy atom. The second-order valence-electron chi connectivity index (χ2n) is 15.6. The Hall–Kier alpha value is -7.80. The molecule has 1 aromatic heterocycles. The lowest BCUT2D eigenvalue weighted by Crippen LogP contribution is -2.30. The Morgan fingerprint density at radius 1 is 0.561 bits per heavy atom. The van der Waals surface area contributed by atoms with Crippen LogP contribution < -0.4 is 16.9 Å². The topological polar surface area (TPSA) is 267 Å². The van der Waals surface area contributed by atoms with Crippen molar-refractivity contribution in [2.75, 3.05) is 0 Å². The summed E-state index contributed by atoms with van der Waals surface area (Å²) in [5.74, 6) is 3.86. The fourth-order valence-electron chi connectivity index (χ4n) is 6.02. The van der Waals surface area contributed by atoms with E-state index >= 15 is 0 Å². The number of carboxylic acid groups (broad SMARTS) is 1. The average Bonchev–Trinajstić information content (AvgIpc) is 3.97. The van der Waals surface area contributed by atoms with E-state index in [9.17, 15) is 9.59 Å². The number of nitrogens with zero attached hydrogens (tertiary/aromatic N) is 5. The molecule has 8 rings (SSSR count). The Morgan fingerprint density at radius 3 is 1.35 bits per heavy atom. The molecule has 7 aromatic carbocycles. The molecule has 0 fully saturated rings. The third-order valence-corrected chi connectivity index (χ3v) is 11.8. The van der Waals surface area contributed by atoms with Crippen molar-refractivity contribution >= 4 is 124 Å². The molecule has 0 spiro atoms. The number of nitrogens with one attached hydrogen (secondary N) is 1. The zero-order chi connectivity index (χ0) is 56.8. The lowest BCUT2D eigenvalue weighted by Gasteiger charge is -2.05. The third kappa shape index (κ3) is 34.4. The zero-order valence-electron chi connectivity index (χ0n) is 42.0. The van der Waals surface area contributed by atoms with Gasteiger partial charge in [-0.3, -0.25) is 4.79 Å². The number of nitriles is 1. The van der Waals surface area contributed by atoms with E-state index in [0.717, 1.165) is 62.9 Å². The number of halogens is 5. The van der Waals surface area contributed by atoms with Crippen molar-refractivity contribution < 1.29 is 34.8 Å². The van der Waals surface area contributed by atoms with Gasteiger partial charge < -0.3 is 36.3 Å². The number of rotatable bonds is 13. The van der Waals surface area contributed by atoms with Gasteiger partial charge in [-0.1, -0.05) is 241 Å². The fourth-order valence-corrected chi connectivity index (χ4v) is 7.07. The second kappa shape index (κ2) is 45.9. The van der Waals surface area contributed by atoms with E-state index in [-0.39, 0.29) is 52.3 Å². The van der Waals surface area contributed by atoms with Crippen LogP contribution in [-0.2, 0) is 35.3 Å². The first-order valence-electron chi connectivity index (χ1n) is 23.1. The lowest BCUT2D eigenvalue weighted by molar-refractivity contribution is -0.131. The van der Waals surface area contributed by atoms with Crippen LogP contribution in [0.15, 0.2) is 233 Å². The SMILES string of the molecule is Brc1ccc(Cc2noc(/C=C/c3ccccc3)n2)cc1.C.C.C.Cl.N#CCc1ccc(Br)cc1.N/C(Cc1ccc(Br)cc1)=N\O.NO.O=C(/C=C/c1ccccc1)N/C(Cc1ccc(Br)cc1)=N/O.O=C(O)/C=C/c1ccccc1. The van der Waals surface area contributed by atoms with Gasteiger partial charge in [0.15, 0.2) is 11.7 Å². The number of benzene rings is 7. The summed E-state index contributed by atoms with van der Waals surface area (Å²) in [5, 5.41) is 53.0. The molecule has 0 saturated carbocycles. The van der Waals surface area contributed by atoms with E-state index in [0.29, 0.717) is 37.4 Å². The number of hydrogen-bond acceptors (Lipinski definition) is 12. The smallest absolute Gasteiger partial charge is 0.328 e. The number of aliphatic carboxylic acids is 1. The second-order valence-corrected chi connectivity index (χ2v) is 19.3.